The molecule has 30 heavy (non-hydrogen) atoms. The minimum absolute atomic E-state index is 0.141. The lowest BCUT2D eigenvalue weighted by Crippen LogP contribution is -2.44. The SMILES string of the molecule is COCCCN1C(=O)c2ccc(C(=O)OCC(=O)N3C[C@H](C)C[C@H](C)C3)cc2C1=O. The summed E-state index contributed by atoms with van der Waals surface area (Å²) in [6, 6.07) is 4.27. The van der Waals surface area contributed by atoms with Gasteiger partial charge in [-0.3, -0.25) is 19.3 Å². The molecule has 0 aliphatic carbocycles. The van der Waals surface area contributed by atoms with Crippen molar-refractivity contribution < 1.29 is 28.7 Å². The van der Waals surface area contributed by atoms with Crippen molar-refractivity contribution in [1.82, 2.24) is 9.80 Å². The number of ether oxygens (including phenoxy) is 2. The van der Waals surface area contributed by atoms with Crippen molar-refractivity contribution in [2.75, 3.05) is 40.0 Å². The highest BCUT2D eigenvalue weighted by Crippen LogP contribution is 2.25. The summed E-state index contributed by atoms with van der Waals surface area (Å²) >= 11 is 0. The number of carbonyl (C=O) groups is 4. The number of methoxy groups -OCH3 is 1. The molecule has 0 bridgehead atoms. The summed E-state index contributed by atoms with van der Waals surface area (Å²) in [4.78, 5) is 52.7. The van der Waals surface area contributed by atoms with E-state index >= 15 is 0 Å². The number of benzene rings is 1. The number of fused-ring (bicyclic) bond motifs is 1. The Morgan fingerprint density at radius 1 is 1.07 bits per heavy atom. The van der Waals surface area contributed by atoms with Gasteiger partial charge in [0, 0.05) is 33.4 Å². The molecule has 8 heteroatoms. The van der Waals surface area contributed by atoms with E-state index in [9.17, 15) is 19.2 Å². The molecule has 1 saturated heterocycles. The van der Waals surface area contributed by atoms with E-state index in [4.69, 9.17) is 9.47 Å². The number of likely N-dealkylation sites (tertiary alicyclic amines) is 1. The first-order valence-corrected chi connectivity index (χ1v) is 10.3. The quantitative estimate of drug-likeness (QED) is 0.383. The van der Waals surface area contributed by atoms with Crippen LogP contribution >= 0.6 is 0 Å². The maximum Gasteiger partial charge on any atom is 0.338 e. The summed E-state index contributed by atoms with van der Waals surface area (Å²) in [6.07, 6.45) is 1.61. The van der Waals surface area contributed by atoms with E-state index < -0.39 is 11.9 Å². The van der Waals surface area contributed by atoms with E-state index in [2.05, 4.69) is 13.8 Å². The molecule has 0 spiro atoms. The molecule has 162 valence electrons. The zero-order valence-corrected chi connectivity index (χ0v) is 17.7. The van der Waals surface area contributed by atoms with Crippen molar-refractivity contribution in [2.45, 2.75) is 26.7 Å². The zero-order chi connectivity index (χ0) is 21.8. The Morgan fingerprint density at radius 2 is 1.73 bits per heavy atom. The standard InChI is InChI=1S/C22H28N2O6/c1-14-9-15(2)12-23(11-14)19(25)13-30-22(28)16-5-6-17-18(10-16)21(27)24(20(17)26)7-4-8-29-3/h5-6,10,14-15H,4,7-9,11-13H2,1-3H3/t14-,15+. The highest BCUT2D eigenvalue weighted by Gasteiger charge is 2.35. The predicted octanol–water partition coefficient (Wildman–Crippen LogP) is 1.98. The van der Waals surface area contributed by atoms with Gasteiger partial charge in [-0.1, -0.05) is 13.8 Å². The van der Waals surface area contributed by atoms with Crippen LogP contribution in [0.1, 0.15) is 57.8 Å². The number of hydrogen-bond acceptors (Lipinski definition) is 6. The van der Waals surface area contributed by atoms with Crippen LogP contribution in [0.4, 0.5) is 0 Å². The van der Waals surface area contributed by atoms with Gasteiger partial charge in [0.15, 0.2) is 6.61 Å². The molecular weight excluding hydrogens is 388 g/mol. The summed E-state index contributed by atoms with van der Waals surface area (Å²) in [5, 5.41) is 0. The van der Waals surface area contributed by atoms with Crippen LogP contribution < -0.4 is 0 Å². The second-order valence-corrected chi connectivity index (χ2v) is 8.19. The Hall–Kier alpha value is -2.74. The molecule has 8 nitrogen and oxygen atoms in total. The van der Waals surface area contributed by atoms with Gasteiger partial charge < -0.3 is 14.4 Å². The van der Waals surface area contributed by atoms with E-state index in [1.54, 1.807) is 12.0 Å². The van der Waals surface area contributed by atoms with Crippen molar-refractivity contribution in [3.63, 3.8) is 0 Å². The highest BCUT2D eigenvalue weighted by molar-refractivity contribution is 6.21. The van der Waals surface area contributed by atoms with Crippen LogP contribution in [-0.2, 0) is 14.3 Å². The van der Waals surface area contributed by atoms with Crippen molar-refractivity contribution in [1.29, 1.82) is 0 Å². The monoisotopic (exact) mass is 416 g/mol. The van der Waals surface area contributed by atoms with E-state index in [1.807, 2.05) is 0 Å². The Kier molecular flexibility index (Phi) is 6.87. The Labute approximate surface area is 176 Å². The van der Waals surface area contributed by atoms with Crippen LogP contribution in [0.15, 0.2) is 18.2 Å². The molecule has 0 N–H and O–H groups in total. The summed E-state index contributed by atoms with van der Waals surface area (Å²) < 4.78 is 10.1. The van der Waals surface area contributed by atoms with Gasteiger partial charge >= 0.3 is 5.97 Å². The molecule has 2 aliphatic heterocycles. The number of hydrogen-bond donors (Lipinski definition) is 0. The largest absolute Gasteiger partial charge is 0.452 e. The van der Waals surface area contributed by atoms with E-state index in [0.29, 0.717) is 38.0 Å². The minimum Gasteiger partial charge on any atom is -0.452 e. The zero-order valence-electron chi connectivity index (χ0n) is 17.7. The third-order valence-electron chi connectivity index (χ3n) is 5.48. The number of carbonyl (C=O) groups excluding carboxylic acids is 4. The van der Waals surface area contributed by atoms with Gasteiger partial charge in [-0.05, 0) is 42.9 Å². The Morgan fingerprint density at radius 3 is 2.40 bits per heavy atom. The van der Waals surface area contributed by atoms with Crippen molar-refractivity contribution in [2.24, 2.45) is 11.8 Å². The number of rotatable bonds is 7. The minimum atomic E-state index is -0.692. The molecule has 2 heterocycles. The van der Waals surface area contributed by atoms with Gasteiger partial charge in [0.05, 0.1) is 16.7 Å². The molecule has 3 amide bonds. The fourth-order valence-corrected chi connectivity index (χ4v) is 4.16. The third-order valence-corrected chi connectivity index (χ3v) is 5.48. The smallest absolute Gasteiger partial charge is 0.338 e. The van der Waals surface area contributed by atoms with Crippen LogP contribution in [0.5, 0.6) is 0 Å². The number of imide groups is 1. The highest BCUT2D eigenvalue weighted by atomic mass is 16.5. The molecule has 2 atom stereocenters. The predicted molar refractivity (Wildman–Crippen MR) is 108 cm³/mol. The van der Waals surface area contributed by atoms with Gasteiger partial charge in [-0.2, -0.15) is 0 Å². The van der Waals surface area contributed by atoms with Gasteiger partial charge in [0.1, 0.15) is 0 Å². The molecule has 2 aliphatic rings. The molecule has 1 aromatic carbocycles. The lowest BCUT2D eigenvalue weighted by molar-refractivity contribution is -0.137. The van der Waals surface area contributed by atoms with Crippen LogP contribution in [0.2, 0.25) is 0 Å². The van der Waals surface area contributed by atoms with Gasteiger partial charge in [0.25, 0.3) is 17.7 Å². The topological polar surface area (TPSA) is 93.2 Å². The molecule has 3 rings (SSSR count). The normalized spacial score (nSPS) is 21.0. The Balaban J connectivity index is 1.61. The first-order valence-electron chi connectivity index (χ1n) is 10.3. The average molecular weight is 416 g/mol. The lowest BCUT2D eigenvalue weighted by Gasteiger charge is -2.34. The maximum atomic E-state index is 12.6. The van der Waals surface area contributed by atoms with E-state index in [-0.39, 0.29) is 41.7 Å². The summed E-state index contributed by atoms with van der Waals surface area (Å²) in [5.74, 6) is -0.899. The number of esters is 1. The lowest BCUT2D eigenvalue weighted by atomic mass is 9.92. The van der Waals surface area contributed by atoms with Crippen molar-refractivity contribution in [3.8, 4) is 0 Å². The summed E-state index contributed by atoms with van der Waals surface area (Å²) in [5.41, 5.74) is 0.583. The van der Waals surface area contributed by atoms with Crippen molar-refractivity contribution in [3.05, 3.63) is 34.9 Å². The van der Waals surface area contributed by atoms with Crippen LogP contribution in [-0.4, -0.2) is 73.4 Å². The first kappa shape index (κ1) is 22.0. The fourth-order valence-electron chi connectivity index (χ4n) is 4.16. The van der Waals surface area contributed by atoms with Crippen LogP contribution in [0.25, 0.3) is 0 Å². The average Bonchev–Trinajstić information content (AvgIpc) is 2.95. The van der Waals surface area contributed by atoms with Gasteiger partial charge in [-0.25, -0.2) is 4.79 Å². The summed E-state index contributed by atoms with van der Waals surface area (Å²) in [6.45, 7) is 5.87. The molecule has 0 saturated carbocycles. The second kappa shape index (κ2) is 9.38. The number of piperidine rings is 1. The van der Waals surface area contributed by atoms with E-state index in [0.717, 1.165) is 11.3 Å². The molecule has 1 aromatic rings. The first-order chi connectivity index (χ1) is 14.3. The van der Waals surface area contributed by atoms with Crippen molar-refractivity contribution >= 4 is 23.7 Å². The third kappa shape index (κ3) is 4.70. The second-order valence-electron chi connectivity index (χ2n) is 8.19. The number of nitrogens with zero attached hydrogens (tertiary/aromatic N) is 2. The fraction of sp³-hybridized carbons (Fsp3) is 0.545. The molecule has 0 aromatic heterocycles. The van der Waals surface area contributed by atoms with Gasteiger partial charge in [0.2, 0.25) is 0 Å². The van der Waals surface area contributed by atoms with Gasteiger partial charge in [-0.15, -0.1) is 0 Å². The number of amides is 3. The van der Waals surface area contributed by atoms with Crippen LogP contribution in [0.3, 0.4) is 0 Å². The maximum absolute atomic E-state index is 12.6. The van der Waals surface area contributed by atoms with Crippen LogP contribution in [0, 0.1) is 11.8 Å². The Bertz CT molecular complexity index is 842. The van der Waals surface area contributed by atoms with E-state index in [1.165, 1.54) is 18.2 Å². The molecule has 1 fully saturated rings. The molecular formula is C22H28N2O6. The molecule has 0 radical (unpaired) electrons. The summed E-state index contributed by atoms with van der Waals surface area (Å²) in [7, 11) is 1.55. The molecule has 0 unspecified atom stereocenters.